The van der Waals surface area contributed by atoms with Crippen LogP contribution in [0.1, 0.15) is 38.7 Å². The molecular formula is C22H14O4S4. The fraction of sp³-hybridized carbons (Fsp3) is 0.0909. The summed E-state index contributed by atoms with van der Waals surface area (Å²) in [5, 5.41) is 6.93. The van der Waals surface area contributed by atoms with Gasteiger partial charge in [-0.05, 0) is 45.8 Å². The number of carbonyl (C=O) groups is 4. The molecule has 150 valence electrons. The Balaban J connectivity index is 1.85. The van der Waals surface area contributed by atoms with Crippen LogP contribution >= 0.6 is 45.3 Å². The minimum atomic E-state index is -1.41. The van der Waals surface area contributed by atoms with E-state index in [1.807, 2.05) is 0 Å². The van der Waals surface area contributed by atoms with Crippen molar-refractivity contribution >= 4 is 68.5 Å². The number of rotatable bonds is 9. The van der Waals surface area contributed by atoms with Gasteiger partial charge < -0.3 is 0 Å². The Morgan fingerprint density at radius 1 is 0.467 bits per heavy atom. The molecular weight excluding hydrogens is 457 g/mol. The summed E-state index contributed by atoms with van der Waals surface area (Å²) in [6, 6.07) is 13.3. The highest BCUT2D eigenvalue weighted by molar-refractivity contribution is 7.13. The Kier molecular flexibility index (Phi) is 6.29. The second-order valence-electron chi connectivity index (χ2n) is 6.32. The summed E-state index contributed by atoms with van der Waals surface area (Å²) in [6.45, 7) is 0. The van der Waals surface area contributed by atoms with Gasteiger partial charge in [-0.15, -0.1) is 45.3 Å². The summed E-state index contributed by atoms with van der Waals surface area (Å²) in [4.78, 5) is 55.1. The van der Waals surface area contributed by atoms with Gasteiger partial charge in [0.1, 0.15) is 11.8 Å². The van der Waals surface area contributed by atoms with E-state index in [4.69, 9.17) is 0 Å². The third-order valence-corrected chi connectivity index (χ3v) is 8.06. The molecule has 0 atom stereocenters. The number of thiophene rings is 4. The van der Waals surface area contributed by atoms with Gasteiger partial charge in [0.2, 0.25) is 0 Å². The van der Waals surface area contributed by atoms with Crippen molar-refractivity contribution < 1.29 is 19.2 Å². The lowest BCUT2D eigenvalue weighted by Crippen LogP contribution is -2.40. The van der Waals surface area contributed by atoms with Crippen molar-refractivity contribution in [3.8, 4) is 0 Å². The lowest BCUT2D eigenvalue weighted by Gasteiger charge is -2.22. The Morgan fingerprint density at radius 2 is 0.700 bits per heavy atom. The van der Waals surface area contributed by atoms with Gasteiger partial charge in [-0.25, -0.2) is 0 Å². The molecule has 4 heterocycles. The van der Waals surface area contributed by atoms with Crippen LogP contribution in [0.3, 0.4) is 0 Å². The van der Waals surface area contributed by atoms with E-state index in [0.29, 0.717) is 19.5 Å². The molecule has 0 aromatic carbocycles. The maximum absolute atomic E-state index is 13.4. The van der Waals surface area contributed by atoms with E-state index in [9.17, 15) is 19.2 Å². The number of ketones is 4. The monoisotopic (exact) mass is 470 g/mol. The molecule has 0 aliphatic rings. The van der Waals surface area contributed by atoms with Gasteiger partial charge in [0.15, 0.2) is 23.1 Å². The highest BCUT2D eigenvalue weighted by Crippen LogP contribution is 2.33. The second-order valence-corrected chi connectivity index (χ2v) is 10.1. The predicted molar refractivity (Wildman–Crippen MR) is 122 cm³/mol. The molecule has 0 saturated heterocycles. The molecule has 0 unspecified atom stereocenters. The summed E-state index contributed by atoms with van der Waals surface area (Å²) < 4.78 is 0. The predicted octanol–water partition coefficient (Wildman–Crippen LogP) is 6.00. The van der Waals surface area contributed by atoms with Crippen molar-refractivity contribution in [2.45, 2.75) is 0 Å². The largest absolute Gasteiger partial charge is 0.292 e. The lowest BCUT2D eigenvalue weighted by atomic mass is 9.78. The summed E-state index contributed by atoms with van der Waals surface area (Å²) in [5.74, 6) is -4.81. The smallest absolute Gasteiger partial charge is 0.184 e. The maximum atomic E-state index is 13.4. The van der Waals surface area contributed by atoms with Crippen LogP contribution in [0, 0.1) is 11.8 Å². The minimum Gasteiger partial charge on any atom is -0.292 e. The topological polar surface area (TPSA) is 68.3 Å². The van der Waals surface area contributed by atoms with E-state index < -0.39 is 35.0 Å². The van der Waals surface area contributed by atoms with Gasteiger partial charge in [0.25, 0.3) is 0 Å². The quantitative estimate of drug-likeness (QED) is 0.222. The van der Waals surface area contributed by atoms with Gasteiger partial charge in [-0.2, -0.15) is 0 Å². The zero-order chi connectivity index (χ0) is 21.1. The van der Waals surface area contributed by atoms with Gasteiger partial charge in [0.05, 0.1) is 19.5 Å². The van der Waals surface area contributed by atoms with E-state index in [0.717, 1.165) is 0 Å². The standard InChI is InChI=1S/C22H14O4S4/c23-19(13-5-1-9-27-13)17(20(24)14-6-2-10-28-14)18(21(25)15-7-3-11-29-15)22(26)16-8-4-12-30-16/h1-12,17-18H. The van der Waals surface area contributed by atoms with Crippen LogP contribution in [-0.4, -0.2) is 23.1 Å². The van der Waals surface area contributed by atoms with Crippen LogP contribution in [0.2, 0.25) is 0 Å². The molecule has 4 aromatic rings. The third-order valence-electron chi connectivity index (χ3n) is 4.52. The molecule has 0 amide bonds. The summed E-state index contributed by atoms with van der Waals surface area (Å²) in [7, 11) is 0. The van der Waals surface area contributed by atoms with Crippen LogP contribution in [-0.2, 0) is 0 Å². The number of Topliss-reactive ketones (excluding diaryl/α,β-unsaturated/α-hetero) is 4. The molecule has 4 aromatic heterocycles. The van der Waals surface area contributed by atoms with Crippen LogP contribution in [0.4, 0.5) is 0 Å². The molecule has 4 nitrogen and oxygen atoms in total. The highest BCUT2D eigenvalue weighted by Gasteiger charge is 2.45. The van der Waals surface area contributed by atoms with Crippen molar-refractivity contribution in [3.05, 3.63) is 89.6 Å². The Bertz CT molecular complexity index is 967. The zero-order valence-electron chi connectivity index (χ0n) is 15.3. The van der Waals surface area contributed by atoms with E-state index in [1.165, 1.54) is 45.3 Å². The first-order valence-electron chi connectivity index (χ1n) is 8.89. The summed E-state index contributed by atoms with van der Waals surface area (Å²) in [5.41, 5.74) is 0. The van der Waals surface area contributed by atoms with Crippen molar-refractivity contribution in [1.29, 1.82) is 0 Å². The summed E-state index contributed by atoms with van der Waals surface area (Å²) >= 11 is 4.78. The van der Waals surface area contributed by atoms with E-state index in [2.05, 4.69) is 0 Å². The van der Waals surface area contributed by atoms with Gasteiger partial charge >= 0.3 is 0 Å². The van der Waals surface area contributed by atoms with Crippen LogP contribution in [0.25, 0.3) is 0 Å². The molecule has 0 bridgehead atoms. The zero-order valence-corrected chi connectivity index (χ0v) is 18.6. The molecule has 0 aliphatic heterocycles. The molecule has 30 heavy (non-hydrogen) atoms. The van der Waals surface area contributed by atoms with Crippen molar-refractivity contribution in [2.24, 2.45) is 11.8 Å². The Labute approximate surface area is 188 Å². The van der Waals surface area contributed by atoms with Crippen LogP contribution in [0.15, 0.2) is 70.1 Å². The first kappa shape index (κ1) is 20.7. The molecule has 4 rings (SSSR count). The fourth-order valence-corrected chi connectivity index (χ4v) is 5.95. The Hall–Kier alpha value is -2.52. The molecule has 0 aliphatic carbocycles. The van der Waals surface area contributed by atoms with Crippen LogP contribution in [0.5, 0.6) is 0 Å². The molecule has 0 fully saturated rings. The first-order valence-corrected chi connectivity index (χ1v) is 12.4. The number of hydrogen-bond acceptors (Lipinski definition) is 8. The molecule has 0 spiro atoms. The lowest BCUT2D eigenvalue weighted by molar-refractivity contribution is 0.0631. The van der Waals surface area contributed by atoms with Crippen molar-refractivity contribution in [2.75, 3.05) is 0 Å². The molecule has 0 radical (unpaired) electrons. The van der Waals surface area contributed by atoms with Gasteiger partial charge in [-0.1, -0.05) is 24.3 Å². The van der Waals surface area contributed by atoms with Gasteiger partial charge in [0, 0.05) is 0 Å². The van der Waals surface area contributed by atoms with E-state index in [1.54, 1.807) is 70.1 Å². The third kappa shape index (κ3) is 4.04. The maximum Gasteiger partial charge on any atom is 0.184 e. The summed E-state index contributed by atoms with van der Waals surface area (Å²) in [6.07, 6.45) is 0. The number of hydrogen-bond donors (Lipinski definition) is 0. The Morgan fingerprint density at radius 3 is 0.867 bits per heavy atom. The molecule has 0 saturated carbocycles. The second kappa shape index (κ2) is 9.09. The number of carbonyl (C=O) groups excluding carboxylic acids is 4. The SMILES string of the molecule is O=C(c1cccs1)C(C(=O)c1cccs1)C(C(=O)c1cccs1)C(=O)c1cccs1. The fourth-order valence-electron chi connectivity index (χ4n) is 3.13. The van der Waals surface area contributed by atoms with E-state index >= 15 is 0 Å². The normalized spacial score (nSPS) is 11.1. The van der Waals surface area contributed by atoms with E-state index in [-0.39, 0.29) is 0 Å². The van der Waals surface area contributed by atoms with Gasteiger partial charge in [-0.3, -0.25) is 19.2 Å². The first-order chi connectivity index (χ1) is 14.6. The average Bonchev–Trinajstić information content (AvgIpc) is 3.57. The molecule has 0 N–H and O–H groups in total. The minimum absolute atomic E-state index is 0.355. The highest BCUT2D eigenvalue weighted by atomic mass is 32.1. The average molecular weight is 471 g/mol. The van der Waals surface area contributed by atoms with Crippen molar-refractivity contribution in [1.82, 2.24) is 0 Å². The van der Waals surface area contributed by atoms with Crippen molar-refractivity contribution in [3.63, 3.8) is 0 Å². The molecule has 8 heteroatoms. The van der Waals surface area contributed by atoms with Crippen LogP contribution < -0.4 is 0 Å².